The Labute approximate surface area is 158 Å². The molecule has 2 fully saturated rings. The van der Waals surface area contributed by atoms with Crippen LogP contribution in [0.5, 0.6) is 0 Å². The van der Waals surface area contributed by atoms with E-state index in [9.17, 15) is 9.18 Å². The van der Waals surface area contributed by atoms with Crippen LogP contribution in [0.25, 0.3) is 0 Å². The number of anilines is 2. The lowest BCUT2D eigenvalue weighted by molar-refractivity contribution is 0.0932. The van der Waals surface area contributed by atoms with Crippen LogP contribution in [0.4, 0.5) is 16.0 Å². The molecule has 1 saturated heterocycles. The molecule has 1 amide bonds. The van der Waals surface area contributed by atoms with E-state index in [1.165, 1.54) is 25.0 Å². The van der Waals surface area contributed by atoms with E-state index in [1.54, 1.807) is 24.4 Å². The number of nitrogens with one attached hydrogen (secondary N) is 1. The first-order valence-corrected chi connectivity index (χ1v) is 9.58. The van der Waals surface area contributed by atoms with Gasteiger partial charge in [-0.15, -0.1) is 0 Å². The van der Waals surface area contributed by atoms with Crippen molar-refractivity contribution in [1.29, 1.82) is 0 Å². The largest absolute Gasteiger partial charge is 0.368 e. The summed E-state index contributed by atoms with van der Waals surface area (Å²) < 4.78 is 13.1. The van der Waals surface area contributed by atoms with Crippen LogP contribution >= 0.6 is 0 Å². The van der Waals surface area contributed by atoms with Crippen molar-refractivity contribution in [3.05, 3.63) is 48.0 Å². The number of amides is 1. The lowest BCUT2D eigenvalue weighted by Crippen LogP contribution is -2.47. The summed E-state index contributed by atoms with van der Waals surface area (Å²) in [5, 5.41) is 3.07. The summed E-state index contributed by atoms with van der Waals surface area (Å²) in [5.41, 5.74) is 1.44. The minimum absolute atomic E-state index is 0.115. The van der Waals surface area contributed by atoms with Gasteiger partial charge in [-0.05, 0) is 43.2 Å². The molecule has 0 spiro atoms. The highest BCUT2D eigenvalue weighted by molar-refractivity contribution is 5.92. The first-order chi connectivity index (χ1) is 13.2. The normalized spacial score (nSPS) is 18.0. The van der Waals surface area contributed by atoms with Crippen molar-refractivity contribution >= 4 is 17.5 Å². The predicted molar refractivity (Wildman–Crippen MR) is 103 cm³/mol. The van der Waals surface area contributed by atoms with E-state index in [2.05, 4.69) is 25.1 Å². The van der Waals surface area contributed by atoms with Crippen molar-refractivity contribution in [1.82, 2.24) is 15.3 Å². The van der Waals surface area contributed by atoms with Gasteiger partial charge in [-0.1, -0.05) is 12.8 Å². The Morgan fingerprint density at radius 2 is 1.67 bits per heavy atom. The zero-order valence-electron chi connectivity index (χ0n) is 15.3. The Hall–Kier alpha value is -2.70. The van der Waals surface area contributed by atoms with Gasteiger partial charge < -0.3 is 15.1 Å². The molecule has 7 heteroatoms. The van der Waals surface area contributed by atoms with Gasteiger partial charge >= 0.3 is 0 Å². The molecular weight excluding hydrogens is 345 g/mol. The summed E-state index contributed by atoms with van der Waals surface area (Å²) in [4.78, 5) is 25.6. The number of rotatable bonds is 4. The van der Waals surface area contributed by atoms with Crippen LogP contribution in [-0.4, -0.2) is 48.1 Å². The van der Waals surface area contributed by atoms with Gasteiger partial charge in [0, 0.05) is 44.1 Å². The first-order valence-electron chi connectivity index (χ1n) is 9.58. The van der Waals surface area contributed by atoms with Crippen molar-refractivity contribution in [2.24, 2.45) is 0 Å². The lowest BCUT2D eigenvalue weighted by atomic mass is 10.2. The summed E-state index contributed by atoms with van der Waals surface area (Å²) in [6.45, 7) is 3.11. The second-order valence-electron chi connectivity index (χ2n) is 7.15. The Kier molecular flexibility index (Phi) is 5.18. The number of hydrogen-bond donors (Lipinski definition) is 1. The second-order valence-corrected chi connectivity index (χ2v) is 7.15. The van der Waals surface area contributed by atoms with Crippen molar-refractivity contribution in [2.75, 3.05) is 36.0 Å². The Morgan fingerprint density at radius 1 is 1.00 bits per heavy atom. The van der Waals surface area contributed by atoms with Crippen LogP contribution in [0, 0.1) is 5.82 Å². The molecule has 1 aliphatic carbocycles. The maximum atomic E-state index is 13.1. The summed E-state index contributed by atoms with van der Waals surface area (Å²) in [6.07, 6.45) is 6.11. The Bertz CT molecular complexity index is 783. The van der Waals surface area contributed by atoms with Crippen molar-refractivity contribution < 1.29 is 9.18 Å². The topological polar surface area (TPSA) is 61.4 Å². The van der Waals surface area contributed by atoms with E-state index in [1.807, 2.05) is 0 Å². The van der Waals surface area contributed by atoms with Gasteiger partial charge in [0.1, 0.15) is 11.5 Å². The molecule has 0 bridgehead atoms. The van der Waals surface area contributed by atoms with E-state index in [-0.39, 0.29) is 17.8 Å². The molecule has 1 N–H and O–H groups in total. The first kappa shape index (κ1) is 17.7. The van der Waals surface area contributed by atoms with E-state index in [0.29, 0.717) is 11.6 Å². The standard InChI is InChI=1S/C20H24FN5O/c21-15-5-7-17(8-6-15)25-11-13-26(14-12-25)20-22-10-9-18(24-20)19(27)23-16-3-1-2-4-16/h5-10,16H,1-4,11-14H2,(H,23,27). The molecule has 1 aromatic heterocycles. The summed E-state index contributed by atoms with van der Waals surface area (Å²) in [5.74, 6) is 0.252. The fraction of sp³-hybridized carbons (Fsp3) is 0.450. The van der Waals surface area contributed by atoms with Gasteiger partial charge in [-0.2, -0.15) is 0 Å². The van der Waals surface area contributed by atoms with Gasteiger partial charge in [0.05, 0.1) is 0 Å². The van der Waals surface area contributed by atoms with Crippen LogP contribution in [0.3, 0.4) is 0 Å². The highest BCUT2D eigenvalue weighted by Gasteiger charge is 2.22. The number of aromatic nitrogens is 2. The lowest BCUT2D eigenvalue weighted by Gasteiger charge is -2.36. The SMILES string of the molecule is O=C(NC1CCCC1)c1ccnc(N2CCN(c3ccc(F)cc3)CC2)n1. The van der Waals surface area contributed by atoms with Gasteiger partial charge in [-0.3, -0.25) is 4.79 Å². The molecule has 0 atom stereocenters. The average Bonchev–Trinajstić information content (AvgIpc) is 3.22. The van der Waals surface area contributed by atoms with E-state index < -0.39 is 0 Å². The number of benzene rings is 1. The molecule has 142 valence electrons. The van der Waals surface area contributed by atoms with Crippen LogP contribution in [0.1, 0.15) is 36.2 Å². The monoisotopic (exact) mass is 369 g/mol. The number of hydrogen-bond acceptors (Lipinski definition) is 5. The molecule has 1 aliphatic heterocycles. The third-order valence-electron chi connectivity index (χ3n) is 5.32. The zero-order valence-corrected chi connectivity index (χ0v) is 15.3. The average molecular weight is 369 g/mol. The van der Waals surface area contributed by atoms with Crippen molar-refractivity contribution in [3.63, 3.8) is 0 Å². The molecule has 0 radical (unpaired) electrons. The molecule has 1 aromatic carbocycles. The Balaban J connectivity index is 1.38. The molecule has 2 aromatic rings. The number of carbonyl (C=O) groups excluding carboxylic acids is 1. The third-order valence-corrected chi connectivity index (χ3v) is 5.32. The molecule has 1 saturated carbocycles. The summed E-state index contributed by atoms with van der Waals surface area (Å²) in [7, 11) is 0. The fourth-order valence-electron chi connectivity index (χ4n) is 3.77. The van der Waals surface area contributed by atoms with Crippen LogP contribution in [0.2, 0.25) is 0 Å². The second kappa shape index (κ2) is 7.90. The van der Waals surface area contributed by atoms with Gasteiger partial charge in [0.15, 0.2) is 0 Å². The molecule has 2 heterocycles. The maximum absolute atomic E-state index is 13.1. The smallest absolute Gasteiger partial charge is 0.270 e. The molecule has 27 heavy (non-hydrogen) atoms. The molecule has 2 aliphatic rings. The van der Waals surface area contributed by atoms with Crippen LogP contribution < -0.4 is 15.1 Å². The maximum Gasteiger partial charge on any atom is 0.270 e. The van der Waals surface area contributed by atoms with Gasteiger partial charge in [0.2, 0.25) is 5.95 Å². The molecule has 0 unspecified atom stereocenters. The van der Waals surface area contributed by atoms with Crippen LogP contribution in [0.15, 0.2) is 36.5 Å². The number of piperazine rings is 1. The highest BCUT2D eigenvalue weighted by atomic mass is 19.1. The quantitative estimate of drug-likeness (QED) is 0.898. The number of halogens is 1. The predicted octanol–water partition coefficient (Wildman–Crippen LogP) is 2.61. The Morgan fingerprint density at radius 3 is 2.37 bits per heavy atom. The molecule has 6 nitrogen and oxygen atoms in total. The number of nitrogens with zero attached hydrogens (tertiary/aromatic N) is 4. The zero-order chi connectivity index (χ0) is 18.6. The molecular formula is C20H24FN5O. The summed E-state index contributed by atoms with van der Waals surface area (Å²) in [6, 6.07) is 8.51. The minimum atomic E-state index is -0.224. The summed E-state index contributed by atoms with van der Waals surface area (Å²) >= 11 is 0. The fourth-order valence-corrected chi connectivity index (χ4v) is 3.77. The van der Waals surface area contributed by atoms with Crippen LogP contribution in [-0.2, 0) is 0 Å². The van der Waals surface area contributed by atoms with E-state index in [0.717, 1.165) is 44.7 Å². The third kappa shape index (κ3) is 4.18. The van der Waals surface area contributed by atoms with E-state index in [4.69, 9.17) is 0 Å². The number of carbonyl (C=O) groups is 1. The van der Waals surface area contributed by atoms with E-state index >= 15 is 0 Å². The van der Waals surface area contributed by atoms with Crippen molar-refractivity contribution in [3.8, 4) is 0 Å². The van der Waals surface area contributed by atoms with Gasteiger partial charge in [0.25, 0.3) is 5.91 Å². The van der Waals surface area contributed by atoms with Crippen molar-refractivity contribution in [2.45, 2.75) is 31.7 Å². The van der Waals surface area contributed by atoms with Gasteiger partial charge in [-0.25, -0.2) is 14.4 Å². The minimum Gasteiger partial charge on any atom is -0.368 e. The molecule has 4 rings (SSSR count). The highest BCUT2D eigenvalue weighted by Crippen LogP contribution is 2.20.